The molecule has 1 unspecified atom stereocenters. The van der Waals surface area contributed by atoms with Crippen LogP contribution in [-0.4, -0.2) is 30.7 Å². The maximum Gasteiger partial charge on any atom is 0.315 e. The molecule has 0 aromatic carbocycles. The quantitative estimate of drug-likeness (QED) is 0.641. The molecule has 2 amide bonds. The summed E-state index contributed by atoms with van der Waals surface area (Å²) in [7, 11) is 1.44. The van der Waals surface area contributed by atoms with Crippen molar-refractivity contribution >= 4 is 17.6 Å². The van der Waals surface area contributed by atoms with Crippen LogP contribution < -0.4 is 10.6 Å². The van der Waals surface area contributed by atoms with E-state index in [0.717, 1.165) is 0 Å². The average molecular weight is 186 g/mol. The molecule has 0 heterocycles. The normalized spacial score (nSPS) is 11.6. The Morgan fingerprint density at radius 1 is 1.23 bits per heavy atom. The van der Waals surface area contributed by atoms with Crippen LogP contribution in [0.3, 0.4) is 0 Å². The molecule has 0 spiro atoms. The molecule has 0 aliphatic rings. The van der Waals surface area contributed by atoms with Gasteiger partial charge in [0.15, 0.2) is 5.78 Å². The molecule has 0 saturated heterocycles. The van der Waals surface area contributed by atoms with E-state index >= 15 is 0 Å². The first-order valence-corrected chi connectivity index (χ1v) is 3.95. The fourth-order valence-corrected chi connectivity index (χ4v) is 0.814. The van der Waals surface area contributed by atoms with Gasteiger partial charge in [-0.3, -0.25) is 9.59 Å². The van der Waals surface area contributed by atoms with Crippen LogP contribution >= 0.6 is 0 Å². The molecule has 0 saturated carbocycles. The number of carbonyl (C=O) groups excluding carboxylic acids is 3. The zero-order valence-corrected chi connectivity index (χ0v) is 8.01. The maximum absolute atomic E-state index is 10.9. The highest BCUT2D eigenvalue weighted by molar-refractivity contribution is 5.91. The van der Waals surface area contributed by atoms with Crippen LogP contribution in [0.15, 0.2) is 0 Å². The molecule has 0 rings (SSSR count). The Morgan fingerprint density at radius 2 is 1.77 bits per heavy atom. The Kier molecular flexibility index (Phi) is 4.72. The van der Waals surface area contributed by atoms with E-state index in [9.17, 15) is 14.4 Å². The van der Waals surface area contributed by atoms with Gasteiger partial charge in [0.1, 0.15) is 5.78 Å². The molecule has 0 aromatic rings. The summed E-state index contributed by atoms with van der Waals surface area (Å²) in [6.07, 6.45) is 0.0444. The minimum atomic E-state index is -0.711. The lowest BCUT2D eigenvalue weighted by molar-refractivity contribution is -0.123. The molecule has 5 heteroatoms. The summed E-state index contributed by atoms with van der Waals surface area (Å²) in [5.41, 5.74) is 0. The summed E-state index contributed by atoms with van der Waals surface area (Å²) < 4.78 is 0. The second kappa shape index (κ2) is 5.29. The Balaban J connectivity index is 4.18. The van der Waals surface area contributed by atoms with Gasteiger partial charge < -0.3 is 10.6 Å². The highest BCUT2D eigenvalue weighted by Gasteiger charge is 2.17. The van der Waals surface area contributed by atoms with Gasteiger partial charge in [-0.2, -0.15) is 0 Å². The van der Waals surface area contributed by atoms with Crippen LogP contribution in [-0.2, 0) is 9.59 Å². The second-order valence-electron chi connectivity index (χ2n) is 2.79. The zero-order chi connectivity index (χ0) is 10.4. The standard InChI is InChI=1S/C8H14N2O3/c1-5(11)4-7(6(2)12)10-8(13)9-3/h7H,4H2,1-3H3,(H2,9,10,13). The summed E-state index contributed by atoms with van der Waals surface area (Å²) in [5, 5.41) is 4.69. The highest BCUT2D eigenvalue weighted by atomic mass is 16.2. The molecule has 0 bridgehead atoms. The number of hydrogen-bond donors (Lipinski definition) is 2. The summed E-state index contributed by atoms with van der Waals surface area (Å²) in [5.74, 6) is -0.351. The summed E-state index contributed by atoms with van der Waals surface area (Å²) >= 11 is 0. The number of nitrogens with one attached hydrogen (secondary N) is 2. The monoisotopic (exact) mass is 186 g/mol. The van der Waals surface area contributed by atoms with Crippen molar-refractivity contribution in [3.05, 3.63) is 0 Å². The molecule has 2 N–H and O–H groups in total. The van der Waals surface area contributed by atoms with E-state index in [4.69, 9.17) is 0 Å². The maximum atomic E-state index is 10.9. The minimum absolute atomic E-state index is 0.0444. The molecule has 1 atom stereocenters. The lowest BCUT2D eigenvalue weighted by Crippen LogP contribution is -2.44. The van der Waals surface area contributed by atoms with Crippen molar-refractivity contribution in [3.63, 3.8) is 0 Å². The van der Waals surface area contributed by atoms with Crippen molar-refractivity contribution in [1.82, 2.24) is 10.6 Å². The van der Waals surface area contributed by atoms with Gasteiger partial charge in [0.25, 0.3) is 0 Å². The summed E-state index contributed by atoms with van der Waals surface area (Å²) in [6.45, 7) is 2.71. The zero-order valence-electron chi connectivity index (χ0n) is 8.01. The third-order valence-corrected chi connectivity index (χ3v) is 1.51. The van der Waals surface area contributed by atoms with E-state index in [-0.39, 0.29) is 18.0 Å². The van der Waals surface area contributed by atoms with Gasteiger partial charge >= 0.3 is 6.03 Å². The van der Waals surface area contributed by atoms with E-state index in [1.807, 2.05) is 0 Å². The molecule has 0 aliphatic heterocycles. The lowest BCUT2D eigenvalue weighted by Gasteiger charge is -2.13. The van der Waals surface area contributed by atoms with Crippen LogP contribution in [0.2, 0.25) is 0 Å². The Hall–Kier alpha value is -1.39. The minimum Gasteiger partial charge on any atom is -0.341 e. The summed E-state index contributed by atoms with van der Waals surface area (Å²) in [4.78, 5) is 32.5. The van der Waals surface area contributed by atoms with E-state index in [1.54, 1.807) is 0 Å². The number of ketones is 2. The third kappa shape index (κ3) is 4.95. The number of urea groups is 1. The Morgan fingerprint density at radius 3 is 2.08 bits per heavy atom. The smallest absolute Gasteiger partial charge is 0.315 e. The topological polar surface area (TPSA) is 75.3 Å². The predicted octanol–water partition coefficient (Wildman–Crippen LogP) is -0.148. The first-order valence-electron chi connectivity index (χ1n) is 3.95. The van der Waals surface area contributed by atoms with E-state index in [0.29, 0.717) is 0 Å². The lowest BCUT2D eigenvalue weighted by atomic mass is 10.1. The van der Waals surface area contributed by atoms with Crippen molar-refractivity contribution in [2.75, 3.05) is 7.05 Å². The average Bonchev–Trinajstić information content (AvgIpc) is 2.02. The Bertz CT molecular complexity index is 225. The number of Topliss-reactive ketones (excluding diaryl/α,β-unsaturated/α-hetero) is 2. The van der Waals surface area contributed by atoms with Crippen molar-refractivity contribution in [3.8, 4) is 0 Å². The number of hydrogen-bond acceptors (Lipinski definition) is 3. The predicted molar refractivity (Wildman–Crippen MR) is 47.4 cm³/mol. The molecular formula is C8H14N2O3. The highest BCUT2D eigenvalue weighted by Crippen LogP contribution is 1.94. The van der Waals surface area contributed by atoms with Gasteiger partial charge in [-0.25, -0.2) is 4.79 Å². The fraction of sp³-hybridized carbons (Fsp3) is 0.625. The number of amides is 2. The van der Waals surface area contributed by atoms with Gasteiger partial charge in [-0.1, -0.05) is 0 Å². The first kappa shape index (κ1) is 11.6. The van der Waals surface area contributed by atoms with E-state index in [1.165, 1.54) is 20.9 Å². The SMILES string of the molecule is CNC(=O)NC(CC(C)=O)C(C)=O. The van der Waals surface area contributed by atoms with Crippen LogP contribution in [0.1, 0.15) is 20.3 Å². The molecule has 0 radical (unpaired) electrons. The first-order chi connectivity index (χ1) is 5.97. The molecule has 0 aromatic heterocycles. The van der Waals surface area contributed by atoms with Crippen molar-refractivity contribution in [2.45, 2.75) is 26.3 Å². The molecule has 0 fully saturated rings. The number of carbonyl (C=O) groups is 3. The van der Waals surface area contributed by atoms with Gasteiger partial charge in [-0.15, -0.1) is 0 Å². The third-order valence-electron chi connectivity index (χ3n) is 1.51. The second-order valence-corrected chi connectivity index (χ2v) is 2.79. The Labute approximate surface area is 76.9 Å². The molecule has 0 aliphatic carbocycles. The van der Waals surface area contributed by atoms with Crippen molar-refractivity contribution in [2.24, 2.45) is 0 Å². The van der Waals surface area contributed by atoms with Crippen LogP contribution in [0.25, 0.3) is 0 Å². The van der Waals surface area contributed by atoms with Gasteiger partial charge in [0, 0.05) is 13.5 Å². The molecule has 74 valence electrons. The van der Waals surface area contributed by atoms with E-state index < -0.39 is 12.1 Å². The molecule has 13 heavy (non-hydrogen) atoms. The van der Waals surface area contributed by atoms with Gasteiger partial charge in [0.2, 0.25) is 0 Å². The fourth-order valence-electron chi connectivity index (χ4n) is 0.814. The molecular weight excluding hydrogens is 172 g/mol. The van der Waals surface area contributed by atoms with Crippen LogP contribution in [0.4, 0.5) is 4.79 Å². The van der Waals surface area contributed by atoms with Crippen molar-refractivity contribution in [1.29, 1.82) is 0 Å². The van der Waals surface area contributed by atoms with Crippen LogP contribution in [0, 0.1) is 0 Å². The van der Waals surface area contributed by atoms with E-state index in [2.05, 4.69) is 10.6 Å². The van der Waals surface area contributed by atoms with Crippen molar-refractivity contribution < 1.29 is 14.4 Å². The molecule has 5 nitrogen and oxygen atoms in total. The number of rotatable bonds is 4. The largest absolute Gasteiger partial charge is 0.341 e. The van der Waals surface area contributed by atoms with Gasteiger partial charge in [0.05, 0.1) is 6.04 Å². The van der Waals surface area contributed by atoms with Crippen LogP contribution in [0.5, 0.6) is 0 Å². The summed E-state index contributed by atoms with van der Waals surface area (Å²) in [6, 6.07) is -1.17. The van der Waals surface area contributed by atoms with Gasteiger partial charge in [-0.05, 0) is 13.8 Å².